The maximum absolute atomic E-state index is 12.1. The predicted molar refractivity (Wildman–Crippen MR) is 85.8 cm³/mol. The number of ether oxygens (including phenoxy) is 3. The lowest BCUT2D eigenvalue weighted by atomic mass is 10.2. The van der Waals surface area contributed by atoms with E-state index < -0.39 is 5.97 Å². The molecule has 2 aromatic rings. The molecule has 1 aliphatic heterocycles. The van der Waals surface area contributed by atoms with Gasteiger partial charge in [-0.2, -0.15) is 0 Å². The van der Waals surface area contributed by atoms with Crippen molar-refractivity contribution >= 4 is 45.1 Å². The van der Waals surface area contributed by atoms with Crippen LogP contribution in [0.1, 0.15) is 15.9 Å². The number of rotatable bonds is 3. The maximum atomic E-state index is 12.1. The Bertz CT molecular complexity index is 749. The molecule has 3 rings (SSSR count). The Kier molecular flexibility index (Phi) is 4.47. The topological polar surface area (TPSA) is 44.8 Å². The second kappa shape index (κ2) is 6.36. The second-order valence-electron chi connectivity index (χ2n) is 4.50. The molecule has 0 N–H and O–H groups in total. The highest BCUT2D eigenvalue weighted by molar-refractivity contribution is 9.10. The van der Waals surface area contributed by atoms with Crippen molar-refractivity contribution in [2.45, 2.75) is 6.61 Å². The molecule has 0 radical (unpaired) electrons. The van der Waals surface area contributed by atoms with Crippen molar-refractivity contribution < 1.29 is 19.0 Å². The van der Waals surface area contributed by atoms with Gasteiger partial charge < -0.3 is 14.2 Å². The highest BCUT2D eigenvalue weighted by Gasteiger charge is 2.18. The first-order valence-corrected chi connectivity index (χ1v) is 7.79. The molecule has 0 unspecified atom stereocenters. The monoisotopic (exact) mass is 402 g/mol. The molecule has 0 saturated carbocycles. The van der Waals surface area contributed by atoms with Crippen LogP contribution < -0.4 is 9.47 Å². The van der Waals surface area contributed by atoms with Crippen LogP contribution in [0.3, 0.4) is 0 Å². The standard InChI is InChI=1S/C15H9BrCl2O4/c16-11-5-14-13(21-7-22-14)3-8(11)6-20-15(19)10-2-1-9(17)4-12(10)18/h1-5H,6-7H2. The number of carbonyl (C=O) groups is 1. The van der Waals surface area contributed by atoms with E-state index in [1.54, 1.807) is 18.2 Å². The van der Waals surface area contributed by atoms with E-state index in [-0.39, 0.29) is 24.0 Å². The molecule has 0 fully saturated rings. The molecule has 0 spiro atoms. The summed E-state index contributed by atoms with van der Waals surface area (Å²) in [6.45, 7) is 0.264. The summed E-state index contributed by atoms with van der Waals surface area (Å²) in [6, 6.07) is 8.16. The molecule has 22 heavy (non-hydrogen) atoms. The summed E-state index contributed by atoms with van der Waals surface area (Å²) in [5.41, 5.74) is 1.03. The number of carbonyl (C=O) groups excluding carboxylic acids is 1. The van der Waals surface area contributed by atoms with Crippen molar-refractivity contribution in [1.29, 1.82) is 0 Å². The summed E-state index contributed by atoms with van der Waals surface area (Å²) in [5, 5.41) is 0.710. The minimum absolute atomic E-state index is 0.0784. The van der Waals surface area contributed by atoms with E-state index in [2.05, 4.69) is 15.9 Å². The molecule has 0 saturated heterocycles. The van der Waals surface area contributed by atoms with Crippen LogP contribution in [0.25, 0.3) is 0 Å². The fraction of sp³-hybridized carbons (Fsp3) is 0.133. The molecule has 0 bridgehead atoms. The van der Waals surface area contributed by atoms with Gasteiger partial charge in [-0.25, -0.2) is 4.79 Å². The Labute approximate surface area is 145 Å². The molecule has 0 aromatic heterocycles. The van der Waals surface area contributed by atoms with E-state index in [0.717, 1.165) is 10.0 Å². The molecular weight excluding hydrogens is 395 g/mol. The van der Waals surface area contributed by atoms with Gasteiger partial charge in [0, 0.05) is 15.1 Å². The van der Waals surface area contributed by atoms with Crippen molar-refractivity contribution in [3.05, 3.63) is 56.0 Å². The number of halogens is 3. The average molecular weight is 404 g/mol. The van der Waals surface area contributed by atoms with Gasteiger partial charge in [0.25, 0.3) is 0 Å². The lowest BCUT2D eigenvalue weighted by Gasteiger charge is -2.09. The van der Waals surface area contributed by atoms with Gasteiger partial charge in [0.15, 0.2) is 11.5 Å². The maximum Gasteiger partial charge on any atom is 0.339 e. The third-order valence-corrected chi connectivity index (χ3v) is 4.34. The summed E-state index contributed by atoms with van der Waals surface area (Å²) in [7, 11) is 0. The van der Waals surface area contributed by atoms with Crippen molar-refractivity contribution in [1.82, 2.24) is 0 Å². The molecule has 2 aromatic carbocycles. The van der Waals surface area contributed by atoms with Crippen molar-refractivity contribution in [3.63, 3.8) is 0 Å². The quantitative estimate of drug-likeness (QED) is 0.687. The number of fused-ring (bicyclic) bond motifs is 1. The lowest BCUT2D eigenvalue weighted by Crippen LogP contribution is -2.06. The zero-order valence-corrected chi connectivity index (χ0v) is 14.2. The number of benzene rings is 2. The van der Waals surface area contributed by atoms with Crippen LogP contribution in [0.4, 0.5) is 0 Å². The van der Waals surface area contributed by atoms with Gasteiger partial charge in [0.1, 0.15) is 6.61 Å². The van der Waals surface area contributed by atoms with Crippen molar-refractivity contribution in [3.8, 4) is 11.5 Å². The Hall–Kier alpha value is -1.43. The first kappa shape index (κ1) is 15.5. The zero-order chi connectivity index (χ0) is 15.7. The number of hydrogen-bond donors (Lipinski definition) is 0. The van der Waals surface area contributed by atoms with Crippen molar-refractivity contribution in [2.24, 2.45) is 0 Å². The fourth-order valence-corrected chi connectivity index (χ4v) is 2.87. The van der Waals surface area contributed by atoms with E-state index in [9.17, 15) is 4.79 Å². The van der Waals surface area contributed by atoms with Crippen LogP contribution >= 0.6 is 39.1 Å². The van der Waals surface area contributed by atoms with E-state index in [0.29, 0.717) is 16.5 Å². The number of esters is 1. The normalized spacial score (nSPS) is 12.3. The Morgan fingerprint density at radius 1 is 1.18 bits per heavy atom. The van der Waals surface area contributed by atoms with Crippen LogP contribution in [0.2, 0.25) is 10.0 Å². The SMILES string of the molecule is O=C(OCc1cc2c(cc1Br)OCO2)c1ccc(Cl)cc1Cl. The van der Waals surface area contributed by atoms with E-state index >= 15 is 0 Å². The highest BCUT2D eigenvalue weighted by Crippen LogP contribution is 2.37. The molecule has 114 valence electrons. The Morgan fingerprint density at radius 3 is 2.64 bits per heavy atom. The minimum atomic E-state index is -0.522. The summed E-state index contributed by atoms with van der Waals surface area (Å²) in [5.74, 6) is 0.757. The number of hydrogen-bond acceptors (Lipinski definition) is 4. The zero-order valence-electron chi connectivity index (χ0n) is 11.1. The van der Waals surface area contributed by atoms with E-state index in [1.807, 2.05) is 0 Å². The van der Waals surface area contributed by atoms with Gasteiger partial charge in [0.05, 0.1) is 10.6 Å². The smallest absolute Gasteiger partial charge is 0.339 e. The first-order valence-electron chi connectivity index (χ1n) is 6.25. The molecule has 1 aliphatic rings. The van der Waals surface area contributed by atoms with Gasteiger partial charge in [-0.3, -0.25) is 0 Å². The van der Waals surface area contributed by atoms with Crippen LogP contribution in [-0.2, 0) is 11.3 Å². The summed E-state index contributed by atoms with van der Waals surface area (Å²) in [6.07, 6.45) is 0. The summed E-state index contributed by atoms with van der Waals surface area (Å²) < 4.78 is 16.6. The van der Waals surface area contributed by atoms with Crippen LogP contribution in [0, 0.1) is 0 Å². The first-order chi connectivity index (χ1) is 10.5. The Balaban J connectivity index is 1.74. The largest absolute Gasteiger partial charge is 0.457 e. The molecule has 7 heteroatoms. The van der Waals surface area contributed by atoms with Crippen LogP contribution in [-0.4, -0.2) is 12.8 Å². The van der Waals surface area contributed by atoms with E-state index in [1.165, 1.54) is 12.1 Å². The molecule has 0 amide bonds. The summed E-state index contributed by atoms with van der Waals surface area (Å²) in [4.78, 5) is 12.1. The van der Waals surface area contributed by atoms with Gasteiger partial charge in [-0.1, -0.05) is 39.1 Å². The third-order valence-electron chi connectivity index (χ3n) is 3.05. The van der Waals surface area contributed by atoms with E-state index in [4.69, 9.17) is 37.4 Å². The fourth-order valence-electron chi connectivity index (χ4n) is 1.95. The van der Waals surface area contributed by atoms with Crippen molar-refractivity contribution in [2.75, 3.05) is 6.79 Å². The van der Waals surface area contributed by atoms with Gasteiger partial charge in [0.2, 0.25) is 6.79 Å². The molecule has 0 aliphatic carbocycles. The molecule has 4 nitrogen and oxygen atoms in total. The predicted octanol–water partition coefficient (Wildman–Crippen LogP) is 4.84. The minimum Gasteiger partial charge on any atom is -0.457 e. The van der Waals surface area contributed by atoms with Gasteiger partial charge in [-0.05, 0) is 30.3 Å². The van der Waals surface area contributed by atoms with Gasteiger partial charge in [-0.15, -0.1) is 0 Å². The summed E-state index contributed by atoms with van der Waals surface area (Å²) >= 11 is 15.2. The average Bonchev–Trinajstić information content (AvgIpc) is 2.91. The van der Waals surface area contributed by atoms with Crippen LogP contribution in [0.5, 0.6) is 11.5 Å². The molecule has 0 atom stereocenters. The Morgan fingerprint density at radius 2 is 1.91 bits per heavy atom. The van der Waals surface area contributed by atoms with Crippen LogP contribution in [0.15, 0.2) is 34.8 Å². The third kappa shape index (κ3) is 3.16. The highest BCUT2D eigenvalue weighted by atomic mass is 79.9. The molecular formula is C15H9BrCl2O4. The second-order valence-corrected chi connectivity index (χ2v) is 6.20. The lowest BCUT2D eigenvalue weighted by molar-refractivity contribution is 0.0472. The van der Waals surface area contributed by atoms with Gasteiger partial charge >= 0.3 is 5.97 Å². The molecule has 1 heterocycles.